The fourth-order valence-electron chi connectivity index (χ4n) is 3.77. The van der Waals surface area contributed by atoms with Gasteiger partial charge in [-0.3, -0.25) is 5.32 Å². The first-order chi connectivity index (χ1) is 14.5. The van der Waals surface area contributed by atoms with Crippen LogP contribution in [0, 0.1) is 0 Å². The Morgan fingerprint density at radius 3 is 2.20 bits per heavy atom. The molecule has 0 bridgehead atoms. The average Bonchev–Trinajstić information content (AvgIpc) is 3.05. The average molecular weight is 468 g/mol. The van der Waals surface area contributed by atoms with Crippen molar-refractivity contribution in [3.63, 3.8) is 0 Å². The molecule has 152 valence electrons. The van der Waals surface area contributed by atoms with Crippen LogP contribution in [-0.2, 0) is 4.74 Å². The highest BCUT2D eigenvalue weighted by molar-refractivity contribution is 9.10. The van der Waals surface area contributed by atoms with Gasteiger partial charge in [-0.05, 0) is 44.3 Å². The Morgan fingerprint density at radius 1 is 1.03 bits per heavy atom. The van der Waals surface area contributed by atoms with Crippen LogP contribution in [0.3, 0.4) is 0 Å². The lowest BCUT2D eigenvalue weighted by atomic mass is 9.98. The number of amides is 1. The number of aromatic carboxylic acids is 1. The number of carbonyl (C=O) groups excluding carboxylic acids is 1. The second-order valence-electron chi connectivity index (χ2n) is 6.79. The number of hydrogen-bond donors (Lipinski definition) is 2. The number of fused-ring (bicyclic) bond motifs is 3. The summed E-state index contributed by atoms with van der Waals surface area (Å²) in [5.74, 6) is -1.05. The third-order valence-electron chi connectivity index (χ3n) is 5.08. The van der Waals surface area contributed by atoms with E-state index in [2.05, 4.69) is 33.4 Å². The highest BCUT2D eigenvalue weighted by atomic mass is 79.9. The second-order valence-corrected chi connectivity index (χ2v) is 7.65. The molecule has 7 heteroatoms. The first kappa shape index (κ1) is 20.0. The summed E-state index contributed by atoms with van der Waals surface area (Å²) in [4.78, 5) is 23.8. The largest absolute Gasteiger partial charge is 0.496 e. The molecule has 1 amide bonds. The first-order valence-electron chi connectivity index (χ1n) is 9.22. The summed E-state index contributed by atoms with van der Waals surface area (Å²) in [7, 11) is 1.37. The van der Waals surface area contributed by atoms with Crippen LogP contribution in [0.4, 0.5) is 10.5 Å². The molecule has 2 N–H and O–H groups in total. The van der Waals surface area contributed by atoms with Gasteiger partial charge < -0.3 is 14.6 Å². The quantitative estimate of drug-likeness (QED) is 0.516. The summed E-state index contributed by atoms with van der Waals surface area (Å²) in [5, 5.41) is 11.9. The molecule has 0 spiro atoms. The molecule has 0 atom stereocenters. The SMILES string of the molecule is COc1cc(NC(=O)OCC2c3ccccc3-c3ccccc32)cc(Br)c1C(=O)O. The predicted molar refractivity (Wildman–Crippen MR) is 116 cm³/mol. The van der Waals surface area contributed by atoms with E-state index in [1.807, 2.05) is 36.4 Å². The zero-order chi connectivity index (χ0) is 21.3. The summed E-state index contributed by atoms with van der Waals surface area (Å²) < 4.78 is 10.9. The molecular formula is C23H18BrNO5. The topological polar surface area (TPSA) is 84.9 Å². The monoisotopic (exact) mass is 467 g/mol. The summed E-state index contributed by atoms with van der Waals surface area (Å²) in [5.41, 5.74) is 4.90. The van der Waals surface area contributed by atoms with Gasteiger partial charge in [-0.2, -0.15) is 0 Å². The fourth-order valence-corrected chi connectivity index (χ4v) is 4.39. The Hall–Kier alpha value is -3.32. The Bertz CT molecular complexity index is 1100. The number of benzene rings is 3. The Labute approximate surface area is 181 Å². The zero-order valence-electron chi connectivity index (χ0n) is 16.0. The summed E-state index contributed by atoms with van der Waals surface area (Å²) in [6, 6.07) is 19.1. The van der Waals surface area contributed by atoms with Crippen LogP contribution in [0.5, 0.6) is 5.75 Å². The normalized spacial score (nSPS) is 12.1. The Morgan fingerprint density at radius 2 is 1.63 bits per heavy atom. The maximum atomic E-state index is 12.4. The molecule has 4 rings (SSSR count). The molecule has 0 unspecified atom stereocenters. The van der Waals surface area contributed by atoms with Crippen molar-refractivity contribution < 1.29 is 24.2 Å². The number of ether oxygens (including phenoxy) is 2. The Balaban J connectivity index is 1.50. The van der Waals surface area contributed by atoms with Gasteiger partial charge >= 0.3 is 12.1 Å². The molecule has 0 heterocycles. The van der Waals surface area contributed by atoms with Gasteiger partial charge in [-0.25, -0.2) is 9.59 Å². The summed E-state index contributed by atoms with van der Waals surface area (Å²) >= 11 is 3.21. The van der Waals surface area contributed by atoms with Crippen molar-refractivity contribution in [2.75, 3.05) is 19.0 Å². The number of nitrogens with one attached hydrogen (secondary N) is 1. The van der Waals surface area contributed by atoms with E-state index in [0.717, 1.165) is 22.3 Å². The van der Waals surface area contributed by atoms with E-state index in [1.165, 1.54) is 19.2 Å². The van der Waals surface area contributed by atoms with E-state index in [9.17, 15) is 14.7 Å². The summed E-state index contributed by atoms with van der Waals surface area (Å²) in [6.45, 7) is 0.186. The summed E-state index contributed by atoms with van der Waals surface area (Å²) in [6.07, 6.45) is -0.631. The van der Waals surface area contributed by atoms with Crippen molar-refractivity contribution >= 4 is 33.7 Å². The van der Waals surface area contributed by atoms with Crippen molar-refractivity contribution in [1.82, 2.24) is 0 Å². The van der Waals surface area contributed by atoms with E-state index >= 15 is 0 Å². The maximum absolute atomic E-state index is 12.4. The third kappa shape index (κ3) is 3.64. The van der Waals surface area contributed by atoms with Crippen LogP contribution in [0.25, 0.3) is 11.1 Å². The predicted octanol–water partition coefficient (Wildman–Crippen LogP) is 5.52. The van der Waals surface area contributed by atoms with Crippen LogP contribution in [0.15, 0.2) is 65.1 Å². The third-order valence-corrected chi connectivity index (χ3v) is 5.70. The maximum Gasteiger partial charge on any atom is 0.411 e. The lowest BCUT2D eigenvalue weighted by molar-refractivity contribution is 0.0692. The number of carbonyl (C=O) groups is 2. The number of carboxylic acid groups (broad SMARTS) is 1. The molecular weight excluding hydrogens is 450 g/mol. The van der Waals surface area contributed by atoms with Gasteiger partial charge in [0.15, 0.2) is 0 Å². The van der Waals surface area contributed by atoms with Gasteiger partial charge in [0.1, 0.15) is 17.9 Å². The molecule has 0 aromatic heterocycles. The molecule has 1 aliphatic rings. The minimum atomic E-state index is -1.13. The fraction of sp³-hybridized carbons (Fsp3) is 0.130. The van der Waals surface area contributed by atoms with Crippen molar-refractivity contribution in [2.45, 2.75) is 5.92 Å². The molecule has 0 fully saturated rings. The molecule has 3 aromatic carbocycles. The number of carboxylic acids is 1. The van der Waals surface area contributed by atoms with E-state index in [-0.39, 0.29) is 23.8 Å². The highest BCUT2D eigenvalue weighted by Gasteiger charge is 2.29. The smallest absolute Gasteiger partial charge is 0.411 e. The lowest BCUT2D eigenvalue weighted by Gasteiger charge is -2.15. The van der Waals surface area contributed by atoms with E-state index in [1.54, 1.807) is 0 Å². The molecule has 0 saturated heterocycles. The molecule has 0 saturated carbocycles. The van der Waals surface area contributed by atoms with Gasteiger partial charge in [-0.15, -0.1) is 0 Å². The van der Waals surface area contributed by atoms with Crippen molar-refractivity contribution in [2.24, 2.45) is 0 Å². The number of rotatable bonds is 5. The van der Waals surface area contributed by atoms with Crippen LogP contribution >= 0.6 is 15.9 Å². The highest BCUT2D eigenvalue weighted by Crippen LogP contribution is 2.44. The van der Waals surface area contributed by atoms with Crippen molar-refractivity contribution in [3.05, 3.63) is 81.8 Å². The minimum Gasteiger partial charge on any atom is -0.496 e. The van der Waals surface area contributed by atoms with E-state index in [0.29, 0.717) is 10.2 Å². The first-order valence-corrected chi connectivity index (χ1v) is 10.0. The van der Waals surface area contributed by atoms with E-state index < -0.39 is 12.1 Å². The number of anilines is 1. The molecule has 0 radical (unpaired) electrons. The zero-order valence-corrected chi connectivity index (χ0v) is 17.6. The van der Waals surface area contributed by atoms with Crippen LogP contribution in [0.1, 0.15) is 27.4 Å². The minimum absolute atomic E-state index is 0.0180. The molecule has 30 heavy (non-hydrogen) atoms. The molecule has 0 aliphatic heterocycles. The lowest BCUT2D eigenvalue weighted by Crippen LogP contribution is -2.18. The van der Waals surface area contributed by atoms with Gasteiger partial charge in [0, 0.05) is 22.1 Å². The van der Waals surface area contributed by atoms with Gasteiger partial charge in [0.25, 0.3) is 0 Å². The van der Waals surface area contributed by atoms with Crippen LogP contribution in [0.2, 0.25) is 0 Å². The second kappa shape index (κ2) is 8.20. The van der Waals surface area contributed by atoms with Gasteiger partial charge in [0.05, 0.1) is 7.11 Å². The molecule has 1 aliphatic carbocycles. The van der Waals surface area contributed by atoms with Gasteiger partial charge in [-0.1, -0.05) is 48.5 Å². The van der Waals surface area contributed by atoms with Crippen molar-refractivity contribution in [3.8, 4) is 16.9 Å². The van der Waals surface area contributed by atoms with Crippen molar-refractivity contribution in [1.29, 1.82) is 0 Å². The Kier molecular flexibility index (Phi) is 5.46. The standard InChI is InChI=1S/C23H18BrNO5/c1-29-20-11-13(10-19(24)21(20)22(26)27)25-23(28)30-12-18-16-8-4-2-6-14(16)15-7-3-5-9-17(15)18/h2-11,18H,12H2,1H3,(H,25,28)(H,26,27). The molecule has 3 aromatic rings. The van der Waals surface area contributed by atoms with Crippen LogP contribution in [-0.4, -0.2) is 30.9 Å². The number of halogens is 1. The van der Waals surface area contributed by atoms with Crippen LogP contribution < -0.4 is 10.1 Å². The van der Waals surface area contributed by atoms with Gasteiger partial charge in [0.2, 0.25) is 0 Å². The number of methoxy groups -OCH3 is 1. The van der Waals surface area contributed by atoms with E-state index in [4.69, 9.17) is 9.47 Å². The number of hydrogen-bond acceptors (Lipinski definition) is 4. The molecule has 6 nitrogen and oxygen atoms in total.